The lowest BCUT2D eigenvalue weighted by Gasteiger charge is -2.33. The summed E-state index contributed by atoms with van der Waals surface area (Å²) in [5.41, 5.74) is 6.57. The maximum absolute atomic E-state index is 6.21. The Hall–Kier alpha value is -2.20. The van der Waals surface area contributed by atoms with Gasteiger partial charge in [-0.2, -0.15) is 0 Å². The lowest BCUT2D eigenvalue weighted by Crippen LogP contribution is -2.44. The van der Waals surface area contributed by atoms with Crippen LogP contribution in [-0.2, 0) is 0 Å². The predicted octanol–water partition coefficient (Wildman–Crippen LogP) is 3.72. The molecule has 0 saturated carbocycles. The fraction of sp³-hybridized carbons (Fsp3) is 0.455. The van der Waals surface area contributed by atoms with Crippen molar-refractivity contribution in [2.24, 2.45) is 0 Å². The van der Waals surface area contributed by atoms with Gasteiger partial charge in [0, 0.05) is 25.0 Å². The van der Waals surface area contributed by atoms with Gasteiger partial charge in [0.15, 0.2) is 0 Å². The van der Waals surface area contributed by atoms with E-state index in [2.05, 4.69) is 41.4 Å². The molecule has 0 bridgehead atoms. The van der Waals surface area contributed by atoms with Crippen molar-refractivity contribution in [3.05, 3.63) is 41.5 Å². The van der Waals surface area contributed by atoms with Gasteiger partial charge in [-0.3, -0.25) is 0 Å². The van der Waals surface area contributed by atoms with Crippen LogP contribution >= 0.6 is 0 Å². The highest BCUT2D eigenvalue weighted by Crippen LogP contribution is 2.51. The predicted molar refractivity (Wildman–Crippen MR) is 105 cm³/mol. The summed E-state index contributed by atoms with van der Waals surface area (Å²) in [6.45, 7) is 6.26. The van der Waals surface area contributed by atoms with Crippen LogP contribution in [-0.4, -0.2) is 39.4 Å². The van der Waals surface area contributed by atoms with Gasteiger partial charge in [-0.15, -0.1) is 0 Å². The lowest BCUT2D eigenvalue weighted by atomic mass is 9.88. The Kier molecular flexibility index (Phi) is 3.82. The van der Waals surface area contributed by atoms with E-state index in [0.717, 1.165) is 44.2 Å². The Balaban J connectivity index is 1.66. The molecule has 2 aromatic carbocycles. The first-order valence-electron chi connectivity index (χ1n) is 9.69. The van der Waals surface area contributed by atoms with Crippen LogP contribution in [0, 0.1) is 6.92 Å². The van der Waals surface area contributed by atoms with E-state index in [9.17, 15) is 0 Å². The zero-order valence-electron chi connectivity index (χ0n) is 15.5. The van der Waals surface area contributed by atoms with E-state index in [4.69, 9.17) is 9.47 Å². The average Bonchev–Trinajstić information content (AvgIpc) is 2.83. The molecule has 0 radical (unpaired) electrons. The first kappa shape index (κ1) is 16.0. The zero-order valence-corrected chi connectivity index (χ0v) is 15.5. The van der Waals surface area contributed by atoms with Crippen LogP contribution in [0.15, 0.2) is 30.3 Å². The second-order valence-corrected chi connectivity index (χ2v) is 7.66. The third-order valence-electron chi connectivity index (χ3n) is 6.18. The van der Waals surface area contributed by atoms with E-state index in [1.54, 1.807) is 7.11 Å². The number of benzene rings is 2. The summed E-state index contributed by atoms with van der Waals surface area (Å²) in [4.78, 5) is 2.63. The van der Waals surface area contributed by atoms with Crippen molar-refractivity contribution in [3.63, 3.8) is 0 Å². The fourth-order valence-corrected chi connectivity index (χ4v) is 4.97. The van der Waals surface area contributed by atoms with Crippen molar-refractivity contribution in [2.75, 3.05) is 38.3 Å². The molecule has 136 valence electrons. The van der Waals surface area contributed by atoms with E-state index in [0.29, 0.717) is 12.0 Å². The summed E-state index contributed by atoms with van der Waals surface area (Å²) in [6.07, 6.45) is 2.32. The van der Waals surface area contributed by atoms with Gasteiger partial charge in [-0.05, 0) is 72.8 Å². The Bertz CT molecular complexity index is 848. The zero-order chi connectivity index (χ0) is 17.7. The van der Waals surface area contributed by atoms with E-state index >= 15 is 0 Å². The number of nitrogens with one attached hydrogen (secondary N) is 1. The first-order valence-corrected chi connectivity index (χ1v) is 9.69. The molecule has 3 aliphatic heterocycles. The van der Waals surface area contributed by atoms with Gasteiger partial charge < -0.3 is 19.7 Å². The number of hydrogen-bond acceptors (Lipinski definition) is 4. The Morgan fingerprint density at radius 1 is 1.23 bits per heavy atom. The number of piperidine rings is 1. The van der Waals surface area contributed by atoms with Crippen LogP contribution in [0.1, 0.15) is 29.9 Å². The fourth-order valence-electron chi connectivity index (χ4n) is 4.97. The number of aryl methyl sites for hydroxylation is 1. The Morgan fingerprint density at radius 2 is 2.15 bits per heavy atom. The molecule has 1 N–H and O–H groups in total. The molecule has 3 heterocycles. The standard InChI is InChI=1S/C22H26N2O2/c1-14-10-16(25-2)4-5-17(14)15-11-18-19-13-23-7-6-20(19)24-8-3-9-26-21(12-15)22(18)24/h4-5,10-12,19-20,23H,3,6-9,13H2,1-2H3/t19-,20-/m0/s1. The molecule has 4 heteroatoms. The van der Waals surface area contributed by atoms with Crippen LogP contribution in [0.25, 0.3) is 11.1 Å². The average molecular weight is 350 g/mol. The molecular weight excluding hydrogens is 324 g/mol. The van der Waals surface area contributed by atoms with E-state index < -0.39 is 0 Å². The number of anilines is 1. The molecule has 26 heavy (non-hydrogen) atoms. The summed E-state index contributed by atoms with van der Waals surface area (Å²) in [6, 6.07) is 11.6. The van der Waals surface area contributed by atoms with Gasteiger partial charge in [0.2, 0.25) is 0 Å². The second kappa shape index (κ2) is 6.20. The summed E-state index contributed by atoms with van der Waals surface area (Å²) >= 11 is 0. The maximum atomic E-state index is 6.21. The smallest absolute Gasteiger partial charge is 0.143 e. The second-order valence-electron chi connectivity index (χ2n) is 7.66. The van der Waals surface area contributed by atoms with Gasteiger partial charge in [-0.1, -0.05) is 6.07 Å². The van der Waals surface area contributed by atoms with Crippen molar-refractivity contribution in [3.8, 4) is 22.6 Å². The highest BCUT2D eigenvalue weighted by molar-refractivity contribution is 5.80. The van der Waals surface area contributed by atoms with Crippen LogP contribution in [0.3, 0.4) is 0 Å². The highest BCUT2D eigenvalue weighted by atomic mass is 16.5. The Labute approximate surface area is 155 Å². The maximum Gasteiger partial charge on any atom is 0.143 e. The molecule has 0 amide bonds. The quantitative estimate of drug-likeness (QED) is 0.895. The highest BCUT2D eigenvalue weighted by Gasteiger charge is 2.42. The number of methoxy groups -OCH3 is 1. The molecule has 2 aromatic rings. The number of hydrogen-bond donors (Lipinski definition) is 1. The Morgan fingerprint density at radius 3 is 3.00 bits per heavy atom. The molecule has 2 atom stereocenters. The molecule has 1 saturated heterocycles. The van der Waals surface area contributed by atoms with Gasteiger partial charge >= 0.3 is 0 Å². The minimum Gasteiger partial charge on any atom is -0.497 e. The number of rotatable bonds is 2. The van der Waals surface area contributed by atoms with Crippen molar-refractivity contribution in [1.29, 1.82) is 0 Å². The SMILES string of the molecule is COc1ccc(-c2cc3c4c(c2)[C@@H]2CNCC[C@@H]2N4CCCO3)c(C)c1. The van der Waals surface area contributed by atoms with E-state index in [1.165, 1.54) is 34.4 Å². The number of nitrogens with zero attached hydrogens (tertiary/aromatic N) is 1. The normalized spacial score (nSPS) is 23.7. The molecule has 5 rings (SSSR count). The molecule has 4 nitrogen and oxygen atoms in total. The third kappa shape index (κ3) is 2.39. The summed E-state index contributed by atoms with van der Waals surface area (Å²) in [5.74, 6) is 2.54. The molecule has 0 aliphatic carbocycles. The molecule has 1 fully saturated rings. The van der Waals surface area contributed by atoms with Crippen LogP contribution < -0.4 is 19.7 Å². The molecular formula is C22H26N2O2. The van der Waals surface area contributed by atoms with Gasteiger partial charge in [0.05, 0.1) is 19.4 Å². The monoisotopic (exact) mass is 350 g/mol. The third-order valence-corrected chi connectivity index (χ3v) is 6.18. The lowest BCUT2D eigenvalue weighted by molar-refractivity contribution is 0.319. The van der Waals surface area contributed by atoms with E-state index in [1.807, 2.05) is 6.07 Å². The van der Waals surface area contributed by atoms with Crippen molar-refractivity contribution >= 4 is 5.69 Å². The summed E-state index contributed by atoms with van der Waals surface area (Å²) in [5, 5.41) is 3.60. The van der Waals surface area contributed by atoms with Crippen LogP contribution in [0.5, 0.6) is 11.5 Å². The van der Waals surface area contributed by atoms with Gasteiger partial charge in [0.1, 0.15) is 11.5 Å². The number of fused-ring (bicyclic) bond motifs is 3. The summed E-state index contributed by atoms with van der Waals surface area (Å²) in [7, 11) is 1.72. The molecule has 3 aliphatic rings. The van der Waals surface area contributed by atoms with Crippen LogP contribution in [0.2, 0.25) is 0 Å². The summed E-state index contributed by atoms with van der Waals surface area (Å²) < 4.78 is 11.6. The molecule has 0 unspecified atom stereocenters. The number of ether oxygens (including phenoxy) is 2. The minimum absolute atomic E-state index is 0.567. The van der Waals surface area contributed by atoms with Crippen molar-refractivity contribution in [2.45, 2.75) is 31.7 Å². The first-order chi connectivity index (χ1) is 12.8. The van der Waals surface area contributed by atoms with Gasteiger partial charge in [-0.25, -0.2) is 0 Å². The van der Waals surface area contributed by atoms with Crippen molar-refractivity contribution in [1.82, 2.24) is 5.32 Å². The van der Waals surface area contributed by atoms with Crippen molar-refractivity contribution < 1.29 is 9.47 Å². The van der Waals surface area contributed by atoms with Crippen LogP contribution in [0.4, 0.5) is 5.69 Å². The largest absolute Gasteiger partial charge is 0.497 e. The molecule has 0 aromatic heterocycles. The molecule has 0 spiro atoms. The topological polar surface area (TPSA) is 33.7 Å². The van der Waals surface area contributed by atoms with Gasteiger partial charge in [0.25, 0.3) is 0 Å². The van der Waals surface area contributed by atoms with E-state index in [-0.39, 0.29) is 0 Å². The minimum atomic E-state index is 0.567.